The van der Waals surface area contributed by atoms with Gasteiger partial charge in [0.1, 0.15) is 5.15 Å². The van der Waals surface area contributed by atoms with Crippen LogP contribution in [0.1, 0.15) is 37.7 Å². The SMILES string of the molecule is Clc1ccc(CSC2CCCCC2)cn1. The van der Waals surface area contributed by atoms with Crippen molar-refractivity contribution in [2.45, 2.75) is 43.1 Å². The Balaban J connectivity index is 1.79. The molecule has 0 spiro atoms. The number of halogens is 1. The predicted octanol–water partition coefficient (Wildman–Crippen LogP) is 4.30. The summed E-state index contributed by atoms with van der Waals surface area (Å²) in [5.41, 5.74) is 1.29. The van der Waals surface area contributed by atoms with E-state index in [-0.39, 0.29) is 0 Å². The first-order chi connectivity index (χ1) is 7.34. The summed E-state index contributed by atoms with van der Waals surface area (Å²) in [4.78, 5) is 4.09. The molecule has 0 N–H and O–H groups in total. The van der Waals surface area contributed by atoms with Crippen LogP contribution < -0.4 is 0 Å². The third-order valence-corrected chi connectivity index (χ3v) is 4.49. The van der Waals surface area contributed by atoms with Crippen molar-refractivity contribution in [2.24, 2.45) is 0 Å². The summed E-state index contributed by atoms with van der Waals surface area (Å²) < 4.78 is 0. The first-order valence-electron chi connectivity index (χ1n) is 5.56. The van der Waals surface area contributed by atoms with E-state index in [1.54, 1.807) is 0 Å². The number of aromatic nitrogens is 1. The standard InChI is InChI=1S/C12H16ClNS/c13-12-7-6-10(8-14-12)9-15-11-4-2-1-3-5-11/h6-8,11H,1-5,9H2. The van der Waals surface area contributed by atoms with Gasteiger partial charge in [0, 0.05) is 17.2 Å². The number of pyridine rings is 1. The molecule has 2 rings (SSSR count). The van der Waals surface area contributed by atoms with Crippen molar-refractivity contribution in [3.8, 4) is 0 Å². The Bertz CT molecular complexity index is 293. The monoisotopic (exact) mass is 241 g/mol. The van der Waals surface area contributed by atoms with Gasteiger partial charge in [0.15, 0.2) is 0 Å². The summed E-state index contributed by atoms with van der Waals surface area (Å²) in [6.45, 7) is 0. The third-order valence-electron chi connectivity index (χ3n) is 2.83. The lowest BCUT2D eigenvalue weighted by atomic mass is 10.0. The van der Waals surface area contributed by atoms with Crippen molar-refractivity contribution in [1.29, 1.82) is 0 Å². The van der Waals surface area contributed by atoms with Crippen LogP contribution in [0.3, 0.4) is 0 Å². The van der Waals surface area contributed by atoms with Gasteiger partial charge in [-0.1, -0.05) is 36.9 Å². The Labute approximate surface area is 101 Å². The molecule has 0 aromatic carbocycles. The Morgan fingerprint density at radius 1 is 1.27 bits per heavy atom. The minimum atomic E-state index is 0.585. The Kier molecular flexibility index (Phi) is 4.33. The Hall–Kier alpha value is -0.210. The molecule has 1 aliphatic carbocycles. The number of hydrogen-bond donors (Lipinski definition) is 0. The zero-order valence-corrected chi connectivity index (χ0v) is 10.4. The Morgan fingerprint density at radius 2 is 2.07 bits per heavy atom. The van der Waals surface area contributed by atoms with Gasteiger partial charge in [-0.15, -0.1) is 0 Å². The number of hydrogen-bond acceptors (Lipinski definition) is 2. The average Bonchev–Trinajstić information content (AvgIpc) is 2.30. The van der Waals surface area contributed by atoms with E-state index in [0.29, 0.717) is 5.15 Å². The van der Waals surface area contributed by atoms with E-state index in [1.165, 1.54) is 37.7 Å². The van der Waals surface area contributed by atoms with Gasteiger partial charge >= 0.3 is 0 Å². The molecule has 1 aromatic heterocycles. The molecule has 15 heavy (non-hydrogen) atoms. The molecule has 0 amide bonds. The van der Waals surface area contributed by atoms with Crippen LogP contribution in [0.25, 0.3) is 0 Å². The second kappa shape index (κ2) is 5.76. The van der Waals surface area contributed by atoms with Gasteiger partial charge in [0.05, 0.1) is 0 Å². The minimum Gasteiger partial charge on any atom is -0.244 e. The molecule has 0 radical (unpaired) electrons. The molecule has 0 bridgehead atoms. The summed E-state index contributed by atoms with van der Waals surface area (Å²) in [6.07, 6.45) is 8.93. The van der Waals surface area contributed by atoms with E-state index in [1.807, 2.05) is 12.3 Å². The van der Waals surface area contributed by atoms with Crippen molar-refractivity contribution in [1.82, 2.24) is 4.98 Å². The molecular formula is C12H16ClNS. The highest BCUT2D eigenvalue weighted by atomic mass is 35.5. The molecule has 0 aliphatic heterocycles. The van der Waals surface area contributed by atoms with Crippen LogP contribution >= 0.6 is 23.4 Å². The normalized spacial score (nSPS) is 17.9. The third kappa shape index (κ3) is 3.69. The van der Waals surface area contributed by atoms with Crippen molar-refractivity contribution < 1.29 is 0 Å². The van der Waals surface area contributed by atoms with Crippen LogP contribution in [0.5, 0.6) is 0 Å². The van der Waals surface area contributed by atoms with Crippen LogP contribution in [-0.4, -0.2) is 10.2 Å². The minimum absolute atomic E-state index is 0.585. The molecule has 1 aliphatic rings. The van der Waals surface area contributed by atoms with Gasteiger partial charge in [-0.3, -0.25) is 0 Å². The fourth-order valence-electron chi connectivity index (χ4n) is 1.94. The summed E-state index contributed by atoms with van der Waals surface area (Å²) in [5.74, 6) is 1.08. The van der Waals surface area contributed by atoms with E-state index in [4.69, 9.17) is 11.6 Å². The maximum atomic E-state index is 5.74. The predicted molar refractivity (Wildman–Crippen MR) is 67.4 cm³/mol. The van der Waals surface area contributed by atoms with Crippen molar-refractivity contribution in [3.05, 3.63) is 29.0 Å². The maximum Gasteiger partial charge on any atom is 0.129 e. The lowest BCUT2D eigenvalue weighted by Crippen LogP contribution is -2.08. The summed E-state index contributed by atoms with van der Waals surface area (Å²) in [5, 5.41) is 1.45. The van der Waals surface area contributed by atoms with Gasteiger partial charge < -0.3 is 0 Å². The number of nitrogens with zero attached hydrogens (tertiary/aromatic N) is 1. The Morgan fingerprint density at radius 3 is 2.73 bits per heavy atom. The fourth-order valence-corrected chi connectivity index (χ4v) is 3.32. The molecule has 0 unspecified atom stereocenters. The van der Waals surface area contributed by atoms with E-state index in [9.17, 15) is 0 Å². The second-order valence-electron chi connectivity index (χ2n) is 4.06. The van der Waals surface area contributed by atoms with Gasteiger partial charge in [0.25, 0.3) is 0 Å². The van der Waals surface area contributed by atoms with Crippen molar-refractivity contribution in [3.63, 3.8) is 0 Å². The highest BCUT2D eigenvalue weighted by molar-refractivity contribution is 7.99. The van der Waals surface area contributed by atoms with Gasteiger partial charge in [0.2, 0.25) is 0 Å². The highest BCUT2D eigenvalue weighted by Crippen LogP contribution is 2.30. The second-order valence-corrected chi connectivity index (χ2v) is 5.74. The molecular weight excluding hydrogens is 226 g/mol. The molecule has 82 valence electrons. The lowest BCUT2D eigenvalue weighted by Gasteiger charge is -2.20. The molecule has 1 nitrogen and oxygen atoms in total. The zero-order chi connectivity index (χ0) is 10.5. The van der Waals surface area contributed by atoms with Crippen LogP contribution in [-0.2, 0) is 5.75 Å². The zero-order valence-electron chi connectivity index (χ0n) is 8.79. The summed E-state index contributed by atoms with van der Waals surface area (Å²) in [6, 6.07) is 3.95. The molecule has 0 saturated heterocycles. The van der Waals surface area contributed by atoms with Gasteiger partial charge in [-0.05, 0) is 24.5 Å². The smallest absolute Gasteiger partial charge is 0.129 e. The van der Waals surface area contributed by atoms with Crippen LogP contribution in [0.15, 0.2) is 18.3 Å². The van der Waals surface area contributed by atoms with E-state index >= 15 is 0 Å². The van der Waals surface area contributed by atoms with Crippen molar-refractivity contribution >= 4 is 23.4 Å². The van der Waals surface area contributed by atoms with Gasteiger partial charge in [-0.2, -0.15) is 11.8 Å². The molecule has 3 heteroatoms. The van der Waals surface area contributed by atoms with E-state index < -0.39 is 0 Å². The molecule has 1 fully saturated rings. The molecule has 0 atom stereocenters. The van der Waals surface area contributed by atoms with Crippen molar-refractivity contribution in [2.75, 3.05) is 0 Å². The molecule has 1 heterocycles. The van der Waals surface area contributed by atoms with E-state index in [2.05, 4.69) is 22.8 Å². The van der Waals surface area contributed by atoms with Crippen LogP contribution in [0.4, 0.5) is 0 Å². The highest BCUT2D eigenvalue weighted by Gasteiger charge is 2.13. The summed E-state index contributed by atoms with van der Waals surface area (Å²) >= 11 is 7.82. The average molecular weight is 242 g/mol. The van der Waals surface area contributed by atoms with Gasteiger partial charge in [-0.25, -0.2) is 4.98 Å². The van der Waals surface area contributed by atoms with E-state index in [0.717, 1.165) is 11.0 Å². The van der Waals surface area contributed by atoms with Crippen LogP contribution in [0.2, 0.25) is 5.15 Å². The number of thioether (sulfide) groups is 1. The topological polar surface area (TPSA) is 12.9 Å². The largest absolute Gasteiger partial charge is 0.244 e. The molecule has 1 saturated carbocycles. The van der Waals surface area contributed by atoms with Crippen LogP contribution in [0, 0.1) is 0 Å². The quantitative estimate of drug-likeness (QED) is 0.732. The first-order valence-corrected chi connectivity index (χ1v) is 6.99. The lowest BCUT2D eigenvalue weighted by molar-refractivity contribution is 0.516. The fraction of sp³-hybridized carbons (Fsp3) is 0.583. The first kappa shape index (κ1) is 11.3. The molecule has 1 aromatic rings. The number of rotatable bonds is 3. The summed E-state index contributed by atoms with van der Waals surface area (Å²) in [7, 11) is 0. The maximum absolute atomic E-state index is 5.74.